The van der Waals surface area contributed by atoms with Crippen LogP contribution in [0, 0.1) is 5.92 Å². The lowest BCUT2D eigenvalue weighted by Gasteiger charge is -2.31. The SMILES string of the molecule is CCC1CCCN(CC(=O)c2cc3ccccc3o2)C1. The van der Waals surface area contributed by atoms with E-state index >= 15 is 0 Å². The van der Waals surface area contributed by atoms with Crippen molar-refractivity contribution in [2.75, 3.05) is 19.6 Å². The van der Waals surface area contributed by atoms with Crippen molar-refractivity contribution in [1.29, 1.82) is 0 Å². The van der Waals surface area contributed by atoms with E-state index in [9.17, 15) is 4.79 Å². The summed E-state index contributed by atoms with van der Waals surface area (Å²) < 4.78 is 5.65. The van der Waals surface area contributed by atoms with Gasteiger partial charge in [0.15, 0.2) is 5.76 Å². The molecule has 0 spiro atoms. The molecule has 2 heterocycles. The van der Waals surface area contributed by atoms with E-state index in [0.717, 1.165) is 30.0 Å². The Kier molecular flexibility index (Phi) is 3.88. The molecule has 0 aliphatic carbocycles. The zero-order chi connectivity index (χ0) is 13.9. The van der Waals surface area contributed by atoms with Crippen molar-refractivity contribution >= 4 is 16.8 Å². The molecule has 0 N–H and O–H groups in total. The predicted octanol–water partition coefficient (Wildman–Crippen LogP) is 3.74. The Morgan fingerprint density at radius 2 is 2.25 bits per heavy atom. The summed E-state index contributed by atoms with van der Waals surface area (Å²) in [7, 11) is 0. The maximum absolute atomic E-state index is 12.3. The zero-order valence-electron chi connectivity index (χ0n) is 12.0. The van der Waals surface area contributed by atoms with E-state index in [0.29, 0.717) is 12.3 Å². The van der Waals surface area contributed by atoms with E-state index in [1.54, 1.807) is 0 Å². The predicted molar refractivity (Wildman–Crippen MR) is 80.0 cm³/mol. The van der Waals surface area contributed by atoms with Crippen LogP contribution in [0.15, 0.2) is 34.7 Å². The fourth-order valence-electron chi connectivity index (χ4n) is 3.03. The molecule has 0 bridgehead atoms. The smallest absolute Gasteiger partial charge is 0.211 e. The lowest BCUT2D eigenvalue weighted by Crippen LogP contribution is -2.38. The molecule has 3 nitrogen and oxygen atoms in total. The van der Waals surface area contributed by atoms with Gasteiger partial charge >= 0.3 is 0 Å². The highest BCUT2D eigenvalue weighted by Gasteiger charge is 2.22. The van der Waals surface area contributed by atoms with Gasteiger partial charge in [0.2, 0.25) is 5.78 Å². The number of furan rings is 1. The van der Waals surface area contributed by atoms with Crippen molar-refractivity contribution in [3.63, 3.8) is 0 Å². The van der Waals surface area contributed by atoms with E-state index in [1.165, 1.54) is 19.3 Å². The van der Waals surface area contributed by atoms with Gasteiger partial charge in [0.05, 0.1) is 6.54 Å². The van der Waals surface area contributed by atoms with Crippen LogP contribution in [-0.2, 0) is 0 Å². The summed E-state index contributed by atoms with van der Waals surface area (Å²) in [6.07, 6.45) is 3.70. The minimum atomic E-state index is 0.0953. The molecule has 20 heavy (non-hydrogen) atoms. The molecule has 1 aliphatic rings. The molecule has 1 atom stereocenters. The fraction of sp³-hybridized carbons (Fsp3) is 0.471. The molecule has 3 rings (SSSR count). The summed E-state index contributed by atoms with van der Waals surface area (Å²) in [4.78, 5) is 14.6. The van der Waals surface area contributed by atoms with Gasteiger partial charge in [0.1, 0.15) is 5.58 Å². The number of nitrogens with zero attached hydrogens (tertiary/aromatic N) is 1. The second-order valence-electron chi connectivity index (χ2n) is 5.72. The molecule has 2 aromatic rings. The van der Waals surface area contributed by atoms with Crippen LogP contribution in [0.1, 0.15) is 36.7 Å². The first-order valence-electron chi connectivity index (χ1n) is 7.50. The lowest BCUT2D eigenvalue weighted by atomic mass is 9.95. The maximum atomic E-state index is 12.3. The Balaban J connectivity index is 1.69. The third-order valence-electron chi connectivity index (χ3n) is 4.25. The first-order valence-corrected chi connectivity index (χ1v) is 7.50. The summed E-state index contributed by atoms with van der Waals surface area (Å²) in [5.41, 5.74) is 0.793. The molecule has 106 valence electrons. The van der Waals surface area contributed by atoms with Gasteiger partial charge < -0.3 is 4.42 Å². The van der Waals surface area contributed by atoms with Gasteiger partial charge in [-0.1, -0.05) is 31.5 Å². The molecule has 0 radical (unpaired) electrons. The van der Waals surface area contributed by atoms with Crippen LogP contribution < -0.4 is 0 Å². The van der Waals surface area contributed by atoms with E-state index in [-0.39, 0.29) is 5.78 Å². The van der Waals surface area contributed by atoms with Gasteiger partial charge in [-0.15, -0.1) is 0 Å². The van der Waals surface area contributed by atoms with Crippen molar-refractivity contribution < 1.29 is 9.21 Å². The third kappa shape index (κ3) is 2.78. The topological polar surface area (TPSA) is 33.5 Å². The number of carbonyl (C=O) groups excluding carboxylic acids is 1. The highest BCUT2D eigenvalue weighted by molar-refractivity contribution is 5.98. The van der Waals surface area contributed by atoms with E-state index in [2.05, 4.69) is 11.8 Å². The Bertz CT molecular complexity index is 569. The molecule has 1 unspecified atom stereocenters. The van der Waals surface area contributed by atoms with Crippen molar-refractivity contribution in [2.24, 2.45) is 5.92 Å². The van der Waals surface area contributed by atoms with Crippen molar-refractivity contribution in [3.05, 3.63) is 36.1 Å². The zero-order valence-corrected chi connectivity index (χ0v) is 12.0. The highest BCUT2D eigenvalue weighted by Crippen LogP contribution is 2.22. The number of Topliss-reactive ketones (excluding diaryl/α,β-unsaturated/α-hetero) is 1. The number of likely N-dealkylation sites (tertiary alicyclic amines) is 1. The molecule has 1 saturated heterocycles. The highest BCUT2D eigenvalue weighted by atomic mass is 16.3. The lowest BCUT2D eigenvalue weighted by molar-refractivity contribution is 0.0860. The Hall–Kier alpha value is -1.61. The minimum absolute atomic E-state index is 0.0953. The van der Waals surface area contributed by atoms with Crippen LogP contribution in [0.3, 0.4) is 0 Å². The van der Waals surface area contributed by atoms with Crippen LogP contribution >= 0.6 is 0 Å². The van der Waals surface area contributed by atoms with Gasteiger partial charge in [-0.25, -0.2) is 0 Å². The first-order chi connectivity index (χ1) is 9.76. The van der Waals surface area contributed by atoms with Gasteiger partial charge in [-0.05, 0) is 37.4 Å². The van der Waals surface area contributed by atoms with Gasteiger partial charge in [-0.2, -0.15) is 0 Å². The number of hydrogen-bond acceptors (Lipinski definition) is 3. The summed E-state index contributed by atoms with van der Waals surface area (Å²) >= 11 is 0. The monoisotopic (exact) mass is 271 g/mol. The fourth-order valence-corrected chi connectivity index (χ4v) is 3.03. The van der Waals surface area contributed by atoms with Crippen LogP contribution in [-0.4, -0.2) is 30.3 Å². The molecule has 0 amide bonds. The molecule has 1 aliphatic heterocycles. The normalized spacial score (nSPS) is 20.4. The molecule has 1 aromatic carbocycles. The maximum Gasteiger partial charge on any atom is 0.211 e. The van der Waals surface area contributed by atoms with Gasteiger partial charge in [0.25, 0.3) is 0 Å². The standard InChI is InChI=1S/C17H21NO2/c1-2-13-6-5-9-18(11-13)12-15(19)17-10-14-7-3-4-8-16(14)20-17/h3-4,7-8,10,13H,2,5-6,9,11-12H2,1H3. The Labute approximate surface area is 119 Å². The van der Waals surface area contributed by atoms with Gasteiger partial charge in [0, 0.05) is 11.9 Å². The molecule has 0 saturated carbocycles. The molecular weight excluding hydrogens is 250 g/mol. The molecule has 1 aromatic heterocycles. The number of para-hydroxylation sites is 1. The number of ketones is 1. The number of hydrogen-bond donors (Lipinski definition) is 0. The minimum Gasteiger partial charge on any atom is -0.453 e. The second kappa shape index (κ2) is 5.80. The number of carbonyl (C=O) groups is 1. The summed E-state index contributed by atoms with van der Waals surface area (Å²) in [6.45, 7) is 4.79. The Morgan fingerprint density at radius 1 is 1.40 bits per heavy atom. The van der Waals surface area contributed by atoms with Gasteiger partial charge in [-0.3, -0.25) is 9.69 Å². The van der Waals surface area contributed by atoms with Crippen LogP contribution in [0.25, 0.3) is 11.0 Å². The second-order valence-corrected chi connectivity index (χ2v) is 5.72. The first kappa shape index (κ1) is 13.4. The largest absolute Gasteiger partial charge is 0.453 e. The summed E-state index contributed by atoms with van der Waals surface area (Å²) in [5.74, 6) is 1.33. The quantitative estimate of drug-likeness (QED) is 0.794. The van der Waals surface area contributed by atoms with Crippen molar-refractivity contribution in [3.8, 4) is 0 Å². The summed E-state index contributed by atoms with van der Waals surface area (Å²) in [5, 5.41) is 1.00. The molecule has 3 heteroatoms. The van der Waals surface area contributed by atoms with Crippen LogP contribution in [0.2, 0.25) is 0 Å². The van der Waals surface area contributed by atoms with Crippen molar-refractivity contribution in [1.82, 2.24) is 4.90 Å². The number of piperidine rings is 1. The molecular formula is C17H21NO2. The van der Waals surface area contributed by atoms with Crippen LogP contribution in [0.4, 0.5) is 0 Å². The number of fused-ring (bicyclic) bond motifs is 1. The van der Waals surface area contributed by atoms with E-state index in [4.69, 9.17) is 4.42 Å². The average molecular weight is 271 g/mol. The van der Waals surface area contributed by atoms with E-state index < -0.39 is 0 Å². The Morgan fingerprint density at radius 3 is 3.05 bits per heavy atom. The van der Waals surface area contributed by atoms with Crippen molar-refractivity contribution in [2.45, 2.75) is 26.2 Å². The third-order valence-corrected chi connectivity index (χ3v) is 4.25. The summed E-state index contributed by atoms with van der Waals surface area (Å²) in [6, 6.07) is 9.63. The van der Waals surface area contributed by atoms with E-state index in [1.807, 2.05) is 30.3 Å². The average Bonchev–Trinajstić information content (AvgIpc) is 2.91. The molecule has 1 fully saturated rings. The number of rotatable bonds is 4. The van der Waals surface area contributed by atoms with Crippen LogP contribution in [0.5, 0.6) is 0 Å². The number of benzene rings is 1.